The van der Waals surface area contributed by atoms with Crippen molar-refractivity contribution in [3.05, 3.63) is 17.7 Å². The second-order valence-corrected chi connectivity index (χ2v) is 5.02. The summed E-state index contributed by atoms with van der Waals surface area (Å²) < 4.78 is 22.4. The Morgan fingerprint density at radius 2 is 1.95 bits per heavy atom. The Morgan fingerprint density at radius 3 is 2.70 bits per heavy atom. The normalized spacial score (nSPS) is 18.2. The summed E-state index contributed by atoms with van der Waals surface area (Å²) in [6.45, 7) is 5.62. The zero-order valence-corrected chi connectivity index (χ0v) is 11.8. The van der Waals surface area contributed by atoms with Crippen molar-refractivity contribution < 1.29 is 18.9 Å². The molecule has 5 nitrogen and oxygen atoms in total. The summed E-state index contributed by atoms with van der Waals surface area (Å²) in [6.07, 6.45) is 2.11. The molecule has 0 amide bonds. The van der Waals surface area contributed by atoms with Crippen LogP contribution in [0.3, 0.4) is 0 Å². The summed E-state index contributed by atoms with van der Waals surface area (Å²) >= 11 is 0. The molecule has 0 atom stereocenters. The highest BCUT2D eigenvalue weighted by Gasteiger charge is 2.21. The summed E-state index contributed by atoms with van der Waals surface area (Å²) in [5.41, 5.74) is 1.11. The largest absolute Gasteiger partial charge is 0.490 e. The molecule has 2 aliphatic heterocycles. The molecule has 0 bridgehead atoms. The van der Waals surface area contributed by atoms with Gasteiger partial charge in [-0.1, -0.05) is 6.92 Å². The molecular weight excluding hydrogens is 258 g/mol. The molecule has 0 radical (unpaired) electrons. The highest BCUT2D eigenvalue weighted by atomic mass is 16.7. The SMILES string of the molecule is CCNCc1cc2c(cc1OC1CCOCC1)OCO2. The molecule has 20 heavy (non-hydrogen) atoms. The quantitative estimate of drug-likeness (QED) is 0.894. The molecule has 1 fully saturated rings. The third-order valence-electron chi connectivity index (χ3n) is 3.58. The lowest BCUT2D eigenvalue weighted by atomic mass is 10.1. The smallest absolute Gasteiger partial charge is 0.231 e. The summed E-state index contributed by atoms with van der Waals surface area (Å²) in [4.78, 5) is 0. The van der Waals surface area contributed by atoms with E-state index in [1.165, 1.54) is 0 Å². The van der Waals surface area contributed by atoms with E-state index in [-0.39, 0.29) is 12.9 Å². The zero-order valence-electron chi connectivity index (χ0n) is 11.8. The number of hydrogen-bond donors (Lipinski definition) is 1. The summed E-state index contributed by atoms with van der Waals surface area (Å²) in [5.74, 6) is 2.46. The molecule has 110 valence electrons. The number of fused-ring (bicyclic) bond motifs is 1. The lowest BCUT2D eigenvalue weighted by Gasteiger charge is -2.24. The Morgan fingerprint density at radius 1 is 1.20 bits per heavy atom. The van der Waals surface area contributed by atoms with Gasteiger partial charge in [-0.25, -0.2) is 0 Å². The van der Waals surface area contributed by atoms with Gasteiger partial charge >= 0.3 is 0 Å². The van der Waals surface area contributed by atoms with Crippen molar-refractivity contribution in [3.8, 4) is 17.2 Å². The maximum atomic E-state index is 6.15. The van der Waals surface area contributed by atoms with Crippen LogP contribution in [0.2, 0.25) is 0 Å². The van der Waals surface area contributed by atoms with Crippen LogP contribution in [0, 0.1) is 0 Å². The van der Waals surface area contributed by atoms with Crippen molar-refractivity contribution in [2.45, 2.75) is 32.4 Å². The first-order valence-electron chi connectivity index (χ1n) is 7.24. The fourth-order valence-electron chi connectivity index (χ4n) is 2.45. The van der Waals surface area contributed by atoms with Crippen LogP contribution in [-0.2, 0) is 11.3 Å². The van der Waals surface area contributed by atoms with Crippen molar-refractivity contribution >= 4 is 0 Å². The predicted molar refractivity (Wildman–Crippen MR) is 74.4 cm³/mol. The molecule has 1 aromatic carbocycles. The molecule has 0 aliphatic carbocycles. The van der Waals surface area contributed by atoms with Crippen molar-refractivity contribution in [2.24, 2.45) is 0 Å². The van der Waals surface area contributed by atoms with E-state index in [1.54, 1.807) is 0 Å². The highest BCUT2D eigenvalue weighted by Crippen LogP contribution is 2.38. The van der Waals surface area contributed by atoms with E-state index in [0.29, 0.717) is 0 Å². The van der Waals surface area contributed by atoms with Gasteiger partial charge in [0.15, 0.2) is 11.5 Å². The molecule has 0 spiro atoms. The molecule has 0 unspecified atom stereocenters. The molecular formula is C15H21NO4. The minimum atomic E-state index is 0.226. The van der Waals surface area contributed by atoms with Crippen LogP contribution in [0.4, 0.5) is 0 Å². The molecule has 0 saturated carbocycles. The van der Waals surface area contributed by atoms with Gasteiger partial charge in [-0.3, -0.25) is 0 Å². The second-order valence-electron chi connectivity index (χ2n) is 5.02. The zero-order chi connectivity index (χ0) is 13.8. The number of ether oxygens (including phenoxy) is 4. The first kappa shape index (κ1) is 13.5. The van der Waals surface area contributed by atoms with Crippen molar-refractivity contribution in [1.29, 1.82) is 0 Å². The van der Waals surface area contributed by atoms with Gasteiger partial charge in [-0.2, -0.15) is 0 Å². The molecule has 3 rings (SSSR count). The van der Waals surface area contributed by atoms with Crippen LogP contribution in [-0.4, -0.2) is 32.7 Å². The van der Waals surface area contributed by atoms with E-state index < -0.39 is 0 Å². The van der Waals surface area contributed by atoms with Gasteiger partial charge in [-0.15, -0.1) is 0 Å². The van der Waals surface area contributed by atoms with E-state index in [4.69, 9.17) is 18.9 Å². The Hall–Kier alpha value is -1.46. The van der Waals surface area contributed by atoms with Gasteiger partial charge < -0.3 is 24.3 Å². The average molecular weight is 279 g/mol. The fraction of sp³-hybridized carbons (Fsp3) is 0.600. The lowest BCUT2D eigenvalue weighted by Crippen LogP contribution is -2.26. The monoisotopic (exact) mass is 279 g/mol. The number of hydrogen-bond acceptors (Lipinski definition) is 5. The Balaban J connectivity index is 1.78. The van der Waals surface area contributed by atoms with Crippen LogP contribution in [0.25, 0.3) is 0 Å². The number of rotatable bonds is 5. The van der Waals surface area contributed by atoms with E-state index in [0.717, 1.165) is 62.0 Å². The van der Waals surface area contributed by atoms with Gasteiger partial charge in [0.1, 0.15) is 11.9 Å². The maximum Gasteiger partial charge on any atom is 0.231 e. The summed E-state index contributed by atoms with van der Waals surface area (Å²) in [7, 11) is 0. The molecule has 2 aliphatic rings. The van der Waals surface area contributed by atoms with Gasteiger partial charge in [0.25, 0.3) is 0 Å². The maximum absolute atomic E-state index is 6.15. The fourth-order valence-corrected chi connectivity index (χ4v) is 2.45. The first-order chi connectivity index (χ1) is 9.86. The molecule has 5 heteroatoms. The summed E-state index contributed by atoms with van der Waals surface area (Å²) in [6, 6.07) is 3.96. The van der Waals surface area contributed by atoms with Gasteiger partial charge in [0, 0.05) is 31.0 Å². The number of nitrogens with one attached hydrogen (secondary N) is 1. The van der Waals surface area contributed by atoms with E-state index in [9.17, 15) is 0 Å². The molecule has 1 saturated heterocycles. The Bertz CT molecular complexity index is 457. The van der Waals surface area contributed by atoms with Crippen LogP contribution in [0.15, 0.2) is 12.1 Å². The minimum absolute atomic E-state index is 0.226. The third-order valence-corrected chi connectivity index (χ3v) is 3.58. The van der Waals surface area contributed by atoms with Gasteiger partial charge in [0.05, 0.1) is 13.2 Å². The number of benzene rings is 1. The van der Waals surface area contributed by atoms with E-state index in [2.05, 4.69) is 12.2 Å². The van der Waals surface area contributed by atoms with E-state index >= 15 is 0 Å². The first-order valence-corrected chi connectivity index (χ1v) is 7.24. The Labute approximate surface area is 119 Å². The highest BCUT2D eigenvalue weighted by molar-refractivity contribution is 5.51. The van der Waals surface area contributed by atoms with Gasteiger partial charge in [-0.05, 0) is 12.6 Å². The topological polar surface area (TPSA) is 49.0 Å². The average Bonchev–Trinajstić information content (AvgIpc) is 2.93. The van der Waals surface area contributed by atoms with Crippen molar-refractivity contribution in [1.82, 2.24) is 5.32 Å². The van der Waals surface area contributed by atoms with Crippen LogP contribution in [0.1, 0.15) is 25.3 Å². The second kappa shape index (κ2) is 6.33. The lowest BCUT2D eigenvalue weighted by molar-refractivity contribution is 0.0251. The minimum Gasteiger partial charge on any atom is -0.490 e. The van der Waals surface area contributed by atoms with Crippen molar-refractivity contribution in [2.75, 3.05) is 26.6 Å². The standard InChI is InChI=1S/C15H21NO4/c1-2-16-9-11-7-14-15(19-10-18-14)8-13(11)20-12-3-5-17-6-4-12/h7-8,12,16H,2-6,9-10H2,1H3. The summed E-state index contributed by atoms with van der Waals surface area (Å²) in [5, 5.41) is 3.33. The molecule has 1 aromatic rings. The van der Waals surface area contributed by atoms with Crippen molar-refractivity contribution in [3.63, 3.8) is 0 Å². The molecule has 2 heterocycles. The Kier molecular flexibility index (Phi) is 4.28. The molecule has 1 N–H and O–H groups in total. The van der Waals surface area contributed by atoms with Crippen LogP contribution in [0.5, 0.6) is 17.2 Å². The predicted octanol–water partition coefficient (Wildman–Crippen LogP) is 2.08. The van der Waals surface area contributed by atoms with E-state index in [1.807, 2.05) is 12.1 Å². The van der Waals surface area contributed by atoms with Gasteiger partial charge in [0.2, 0.25) is 6.79 Å². The van der Waals surface area contributed by atoms with Crippen LogP contribution >= 0.6 is 0 Å². The van der Waals surface area contributed by atoms with Crippen LogP contribution < -0.4 is 19.5 Å². The third kappa shape index (κ3) is 2.99. The molecule has 0 aromatic heterocycles.